The third-order valence-electron chi connectivity index (χ3n) is 4.14. The van der Waals surface area contributed by atoms with Crippen molar-refractivity contribution in [2.24, 2.45) is 5.41 Å². The summed E-state index contributed by atoms with van der Waals surface area (Å²) in [6, 6.07) is 10.1. The number of nitrogens with zero attached hydrogens (tertiary/aromatic N) is 2. The van der Waals surface area contributed by atoms with Gasteiger partial charge in [0.2, 0.25) is 5.91 Å². The van der Waals surface area contributed by atoms with E-state index in [0.717, 1.165) is 28.3 Å². The number of fused-ring (bicyclic) bond motifs is 1. The fraction of sp³-hybridized carbons (Fsp3) is 0.429. The fourth-order valence-corrected chi connectivity index (χ4v) is 4.53. The van der Waals surface area contributed by atoms with E-state index in [1.807, 2.05) is 46.3 Å². The van der Waals surface area contributed by atoms with Gasteiger partial charge in [-0.2, -0.15) is 0 Å². The van der Waals surface area contributed by atoms with Crippen molar-refractivity contribution < 1.29 is 4.79 Å². The van der Waals surface area contributed by atoms with Crippen molar-refractivity contribution in [2.75, 3.05) is 0 Å². The van der Waals surface area contributed by atoms with Crippen LogP contribution in [0.15, 0.2) is 41.9 Å². The molecule has 1 N–H and O–H groups in total. The summed E-state index contributed by atoms with van der Waals surface area (Å²) in [5.74, 6) is 0.0499. The molecule has 2 aromatic heterocycles. The molecule has 0 fully saturated rings. The number of imidazole rings is 1. The predicted octanol–water partition coefficient (Wildman–Crippen LogP) is 4.94. The van der Waals surface area contributed by atoms with Gasteiger partial charge < -0.3 is 5.32 Å². The number of carbonyl (C=O) groups is 1. The van der Waals surface area contributed by atoms with Crippen LogP contribution in [-0.2, 0) is 11.2 Å². The van der Waals surface area contributed by atoms with Crippen LogP contribution in [0.25, 0.3) is 16.2 Å². The molecule has 0 aliphatic carbocycles. The van der Waals surface area contributed by atoms with Gasteiger partial charge in [0, 0.05) is 28.4 Å². The van der Waals surface area contributed by atoms with Gasteiger partial charge in [-0.3, -0.25) is 9.20 Å². The average Bonchev–Trinajstić information content (AvgIpc) is 3.07. The molecule has 4 nitrogen and oxygen atoms in total. The van der Waals surface area contributed by atoms with E-state index in [1.165, 1.54) is 0 Å². The van der Waals surface area contributed by atoms with E-state index in [1.54, 1.807) is 11.3 Å². The topological polar surface area (TPSA) is 46.4 Å². The molecule has 0 saturated carbocycles. The maximum Gasteiger partial charge on any atom is 0.226 e. The minimum absolute atomic E-state index is 0.0499. The molecular weight excluding hydrogens is 342 g/mol. The summed E-state index contributed by atoms with van der Waals surface area (Å²) in [5, 5.41) is 5.21. The van der Waals surface area contributed by atoms with Gasteiger partial charge in [-0.1, -0.05) is 51.1 Å². The Morgan fingerprint density at radius 2 is 1.85 bits per heavy atom. The van der Waals surface area contributed by atoms with E-state index in [-0.39, 0.29) is 16.9 Å². The van der Waals surface area contributed by atoms with Gasteiger partial charge in [0.15, 0.2) is 4.96 Å². The maximum absolute atomic E-state index is 12.6. The first kappa shape index (κ1) is 18.6. The number of nitrogens with one attached hydrogen (secondary N) is 1. The van der Waals surface area contributed by atoms with Crippen molar-refractivity contribution in [3.63, 3.8) is 0 Å². The lowest BCUT2D eigenvalue weighted by atomic mass is 9.82. The summed E-state index contributed by atoms with van der Waals surface area (Å²) in [6.45, 7) is 10.8. The van der Waals surface area contributed by atoms with Gasteiger partial charge in [-0.25, -0.2) is 4.98 Å². The van der Waals surface area contributed by atoms with Crippen molar-refractivity contribution in [1.82, 2.24) is 14.7 Å². The third-order valence-corrected chi connectivity index (χ3v) is 5.03. The van der Waals surface area contributed by atoms with E-state index < -0.39 is 0 Å². The SMILES string of the molecule is CC(C)(C)CC(C)(C)NC(=O)Cc1csc2nc(-c3ccccc3)cn12. The Kier molecular flexibility index (Phi) is 4.93. The normalized spacial score (nSPS) is 12.5. The molecule has 0 bridgehead atoms. The van der Waals surface area contributed by atoms with Crippen LogP contribution in [0.1, 0.15) is 46.7 Å². The summed E-state index contributed by atoms with van der Waals surface area (Å²) in [6.07, 6.45) is 3.30. The van der Waals surface area contributed by atoms with E-state index >= 15 is 0 Å². The average molecular weight is 370 g/mol. The summed E-state index contributed by atoms with van der Waals surface area (Å²) in [5.41, 5.74) is 2.94. The van der Waals surface area contributed by atoms with E-state index in [4.69, 9.17) is 0 Å². The first-order valence-electron chi connectivity index (χ1n) is 8.95. The minimum atomic E-state index is -0.228. The van der Waals surface area contributed by atoms with Crippen molar-refractivity contribution in [1.29, 1.82) is 0 Å². The number of aromatic nitrogens is 2. The zero-order valence-electron chi connectivity index (χ0n) is 16.2. The van der Waals surface area contributed by atoms with Crippen LogP contribution in [0.5, 0.6) is 0 Å². The highest BCUT2D eigenvalue weighted by Gasteiger charge is 2.27. The van der Waals surface area contributed by atoms with Gasteiger partial charge in [0.1, 0.15) is 0 Å². The molecule has 0 atom stereocenters. The van der Waals surface area contributed by atoms with Crippen LogP contribution in [-0.4, -0.2) is 20.8 Å². The molecule has 0 aliphatic rings. The number of rotatable bonds is 5. The second-order valence-corrected chi connectivity index (χ2v) is 9.55. The number of carbonyl (C=O) groups excluding carboxylic acids is 1. The summed E-state index contributed by atoms with van der Waals surface area (Å²) >= 11 is 1.57. The highest BCUT2D eigenvalue weighted by atomic mass is 32.1. The molecule has 3 rings (SSSR count). The molecule has 0 unspecified atom stereocenters. The molecule has 0 radical (unpaired) electrons. The highest BCUT2D eigenvalue weighted by Crippen LogP contribution is 2.27. The van der Waals surface area contributed by atoms with Gasteiger partial charge in [0.05, 0.1) is 12.1 Å². The van der Waals surface area contributed by atoms with Crippen molar-refractivity contribution in [3.05, 3.63) is 47.6 Å². The molecule has 1 amide bonds. The molecule has 3 aromatic rings. The summed E-state index contributed by atoms with van der Waals surface area (Å²) in [7, 11) is 0. The van der Waals surface area contributed by atoms with Crippen LogP contribution in [0.4, 0.5) is 0 Å². The lowest BCUT2D eigenvalue weighted by Crippen LogP contribution is -2.46. The predicted molar refractivity (Wildman–Crippen MR) is 109 cm³/mol. The molecule has 0 saturated heterocycles. The first-order chi connectivity index (χ1) is 12.1. The Morgan fingerprint density at radius 3 is 2.50 bits per heavy atom. The first-order valence-corrected chi connectivity index (χ1v) is 9.83. The molecule has 0 aliphatic heterocycles. The Morgan fingerprint density at radius 1 is 1.15 bits per heavy atom. The minimum Gasteiger partial charge on any atom is -0.351 e. The van der Waals surface area contributed by atoms with Gasteiger partial charge >= 0.3 is 0 Å². The van der Waals surface area contributed by atoms with Crippen LogP contribution < -0.4 is 5.32 Å². The number of thiazole rings is 1. The van der Waals surface area contributed by atoms with Crippen LogP contribution in [0.3, 0.4) is 0 Å². The van der Waals surface area contributed by atoms with Gasteiger partial charge in [-0.05, 0) is 25.7 Å². The van der Waals surface area contributed by atoms with E-state index in [9.17, 15) is 4.79 Å². The standard InChI is InChI=1S/C21H27N3OS/c1-20(2,3)14-21(4,5)23-18(25)11-16-13-26-19-22-17(12-24(16)19)15-9-7-6-8-10-15/h6-10,12-13H,11,14H2,1-5H3,(H,23,25). The molecule has 5 heteroatoms. The van der Waals surface area contributed by atoms with Crippen molar-refractivity contribution in [3.8, 4) is 11.3 Å². The summed E-state index contributed by atoms with van der Waals surface area (Å²) in [4.78, 5) is 18.2. The fourth-order valence-electron chi connectivity index (χ4n) is 3.66. The number of benzene rings is 1. The van der Waals surface area contributed by atoms with Gasteiger partial charge in [0.25, 0.3) is 0 Å². The summed E-state index contributed by atoms with van der Waals surface area (Å²) < 4.78 is 2.03. The van der Waals surface area contributed by atoms with Crippen molar-refractivity contribution in [2.45, 2.75) is 53.0 Å². The Hall–Kier alpha value is -2.14. The van der Waals surface area contributed by atoms with Gasteiger partial charge in [-0.15, -0.1) is 11.3 Å². The molecule has 2 heterocycles. The van der Waals surface area contributed by atoms with Crippen LogP contribution >= 0.6 is 11.3 Å². The second kappa shape index (κ2) is 6.88. The molecule has 138 valence electrons. The van der Waals surface area contributed by atoms with E-state index in [0.29, 0.717) is 6.42 Å². The zero-order valence-corrected chi connectivity index (χ0v) is 17.0. The Bertz CT molecular complexity index is 900. The number of hydrogen-bond acceptors (Lipinski definition) is 3. The smallest absolute Gasteiger partial charge is 0.226 e. The quantitative estimate of drug-likeness (QED) is 0.693. The Labute approximate surface area is 159 Å². The molecule has 0 spiro atoms. The Balaban J connectivity index is 1.75. The maximum atomic E-state index is 12.6. The lowest BCUT2D eigenvalue weighted by molar-refractivity contribution is -0.122. The second-order valence-electron chi connectivity index (χ2n) is 8.72. The van der Waals surface area contributed by atoms with Crippen molar-refractivity contribution >= 4 is 22.2 Å². The molecule has 26 heavy (non-hydrogen) atoms. The third kappa shape index (κ3) is 4.52. The molecular formula is C21H27N3OS. The lowest BCUT2D eigenvalue weighted by Gasteiger charge is -2.33. The number of hydrogen-bond donors (Lipinski definition) is 1. The van der Waals surface area contributed by atoms with Crippen LogP contribution in [0.2, 0.25) is 0 Å². The zero-order chi connectivity index (χ0) is 18.9. The largest absolute Gasteiger partial charge is 0.351 e. The molecule has 1 aromatic carbocycles. The number of amides is 1. The highest BCUT2D eigenvalue weighted by molar-refractivity contribution is 7.15. The monoisotopic (exact) mass is 369 g/mol. The van der Waals surface area contributed by atoms with E-state index in [2.05, 4.69) is 44.9 Å². The van der Waals surface area contributed by atoms with Crippen LogP contribution in [0, 0.1) is 5.41 Å².